The van der Waals surface area contributed by atoms with Gasteiger partial charge >= 0.3 is 0 Å². The number of hydrogen-bond donors (Lipinski definition) is 1. The zero-order chi connectivity index (χ0) is 25.6. The second kappa shape index (κ2) is 12.0. The molecule has 2 aliphatic heterocycles. The van der Waals surface area contributed by atoms with Crippen LogP contribution in [0.2, 0.25) is 0 Å². The molecular formula is C32H37FN2O2. The van der Waals surface area contributed by atoms with Gasteiger partial charge in [0.15, 0.2) is 5.78 Å². The van der Waals surface area contributed by atoms with Gasteiger partial charge in [0.05, 0.1) is 0 Å². The van der Waals surface area contributed by atoms with Crippen LogP contribution in [0.25, 0.3) is 0 Å². The van der Waals surface area contributed by atoms with Crippen LogP contribution in [0.3, 0.4) is 0 Å². The van der Waals surface area contributed by atoms with Crippen LogP contribution in [-0.4, -0.2) is 46.9 Å². The number of phenols is 1. The van der Waals surface area contributed by atoms with E-state index >= 15 is 0 Å². The Morgan fingerprint density at radius 2 is 1.38 bits per heavy atom. The predicted octanol–water partition coefficient (Wildman–Crippen LogP) is 6.01. The summed E-state index contributed by atoms with van der Waals surface area (Å²) in [7, 11) is 0. The van der Waals surface area contributed by atoms with Gasteiger partial charge in [0, 0.05) is 38.2 Å². The molecule has 3 aromatic carbocycles. The minimum atomic E-state index is -0.194. The van der Waals surface area contributed by atoms with Crippen molar-refractivity contribution in [3.8, 4) is 5.75 Å². The van der Waals surface area contributed by atoms with Crippen LogP contribution in [0.1, 0.15) is 58.3 Å². The van der Waals surface area contributed by atoms with Gasteiger partial charge in [0.25, 0.3) is 0 Å². The van der Waals surface area contributed by atoms with E-state index in [1.54, 1.807) is 12.1 Å². The molecule has 5 rings (SSSR count). The summed E-state index contributed by atoms with van der Waals surface area (Å²) in [5.41, 5.74) is 5.87. The molecular weight excluding hydrogens is 463 g/mol. The van der Waals surface area contributed by atoms with Crippen LogP contribution < -0.4 is 0 Å². The predicted molar refractivity (Wildman–Crippen MR) is 145 cm³/mol. The van der Waals surface area contributed by atoms with Crippen LogP contribution in [0, 0.1) is 11.7 Å². The number of carbonyl (C=O) groups excluding carboxylic acids is 1. The molecule has 0 saturated carbocycles. The molecule has 0 aliphatic carbocycles. The molecule has 0 bridgehead atoms. The largest absolute Gasteiger partial charge is 0.508 e. The van der Waals surface area contributed by atoms with Crippen LogP contribution in [0.5, 0.6) is 5.75 Å². The fourth-order valence-corrected chi connectivity index (χ4v) is 5.72. The number of carbonyl (C=O) groups is 1. The van der Waals surface area contributed by atoms with Crippen molar-refractivity contribution in [3.05, 3.63) is 100 Å². The summed E-state index contributed by atoms with van der Waals surface area (Å²) in [6.45, 7) is 5.80. The van der Waals surface area contributed by atoms with Crippen molar-refractivity contribution in [2.24, 2.45) is 5.92 Å². The lowest BCUT2D eigenvalue weighted by Crippen LogP contribution is -2.33. The van der Waals surface area contributed by atoms with Gasteiger partial charge in [-0.15, -0.1) is 0 Å². The summed E-state index contributed by atoms with van der Waals surface area (Å²) in [6.07, 6.45) is 5.79. The number of ketones is 1. The van der Waals surface area contributed by atoms with Crippen molar-refractivity contribution in [1.29, 1.82) is 0 Å². The molecule has 0 spiro atoms. The van der Waals surface area contributed by atoms with Gasteiger partial charge in [-0.3, -0.25) is 14.6 Å². The maximum Gasteiger partial charge on any atom is 0.162 e. The third-order valence-corrected chi connectivity index (χ3v) is 8.07. The molecule has 3 aromatic rings. The number of rotatable bonds is 8. The van der Waals surface area contributed by atoms with E-state index in [9.17, 15) is 14.3 Å². The summed E-state index contributed by atoms with van der Waals surface area (Å²) < 4.78 is 13.2. The molecule has 1 N–H and O–H groups in total. The van der Waals surface area contributed by atoms with Crippen molar-refractivity contribution >= 4 is 5.78 Å². The quantitative estimate of drug-likeness (QED) is 0.385. The first kappa shape index (κ1) is 25.6. The number of benzene rings is 3. The van der Waals surface area contributed by atoms with E-state index in [1.165, 1.54) is 28.8 Å². The fraction of sp³-hybridized carbons (Fsp3) is 0.406. The van der Waals surface area contributed by atoms with Gasteiger partial charge in [-0.25, -0.2) is 4.39 Å². The van der Waals surface area contributed by atoms with Gasteiger partial charge in [-0.1, -0.05) is 36.4 Å². The normalized spacial score (nSPS) is 17.3. The zero-order valence-electron chi connectivity index (χ0n) is 21.5. The second-order valence-corrected chi connectivity index (χ2v) is 10.7. The number of nitrogens with zero attached hydrogens (tertiary/aromatic N) is 2. The SMILES string of the molecule is O=C(CCC1CCN(Cc2ccc(O)cc2)CC1)c1ccc2c(c1)CCN(Cc1ccc(F)cc1)CC2. The van der Waals surface area contributed by atoms with E-state index < -0.39 is 0 Å². The minimum Gasteiger partial charge on any atom is -0.508 e. The zero-order valence-corrected chi connectivity index (χ0v) is 21.5. The molecule has 2 aliphatic rings. The standard InChI is InChI=1S/C32H37FN2O2/c33-30-8-1-25(2-9-30)22-35-19-15-27-6-7-29(21-28(27)16-20-35)32(37)12-5-24-13-17-34(18-14-24)23-26-3-10-31(36)11-4-26/h1-4,6-11,21,24,36H,5,12-20,22-23H2. The molecule has 1 saturated heterocycles. The van der Waals surface area contributed by atoms with E-state index in [0.29, 0.717) is 18.1 Å². The Morgan fingerprint density at radius 1 is 0.784 bits per heavy atom. The minimum absolute atomic E-state index is 0.194. The first-order valence-electron chi connectivity index (χ1n) is 13.6. The van der Waals surface area contributed by atoms with Crippen LogP contribution in [0.4, 0.5) is 4.39 Å². The Hall–Kier alpha value is -3.02. The average molecular weight is 501 g/mol. The highest BCUT2D eigenvalue weighted by Crippen LogP contribution is 2.26. The Labute approximate surface area is 219 Å². The van der Waals surface area contributed by atoms with E-state index in [4.69, 9.17) is 0 Å². The molecule has 2 heterocycles. The Bertz CT molecular complexity index is 1180. The van der Waals surface area contributed by atoms with E-state index in [2.05, 4.69) is 21.9 Å². The maximum absolute atomic E-state index is 13.2. The van der Waals surface area contributed by atoms with Gasteiger partial charge in [-0.2, -0.15) is 0 Å². The molecule has 1 fully saturated rings. The summed E-state index contributed by atoms with van der Waals surface area (Å²) >= 11 is 0. The molecule has 5 heteroatoms. The highest BCUT2D eigenvalue weighted by Gasteiger charge is 2.21. The van der Waals surface area contributed by atoms with Crippen LogP contribution in [0.15, 0.2) is 66.7 Å². The van der Waals surface area contributed by atoms with Crippen molar-refractivity contribution in [2.75, 3.05) is 26.2 Å². The lowest BCUT2D eigenvalue weighted by molar-refractivity contribution is 0.0961. The van der Waals surface area contributed by atoms with E-state index in [0.717, 1.165) is 82.5 Å². The van der Waals surface area contributed by atoms with Gasteiger partial charge < -0.3 is 5.11 Å². The van der Waals surface area contributed by atoms with Gasteiger partial charge in [-0.05, 0) is 104 Å². The monoisotopic (exact) mass is 500 g/mol. The molecule has 0 aromatic heterocycles. The molecule has 0 amide bonds. The number of halogens is 1. The number of hydrogen-bond acceptors (Lipinski definition) is 4. The Kier molecular flexibility index (Phi) is 8.32. The lowest BCUT2D eigenvalue weighted by atomic mass is 9.89. The van der Waals surface area contributed by atoms with Crippen LogP contribution in [-0.2, 0) is 25.9 Å². The first-order valence-corrected chi connectivity index (χ1v) is 13.6. The van der Waals surface area contributed by atoms with Crippen molar-refractivity contribution in [2.45, 2.75) is 51.6 Å². The number of aromatic hydroxyl groups is 1. The highest BCUT2D eigenvalue weighted by molar-refractivity contribution is 5.96. The third kappa shape index (κ3) is 7.06. The summed E-state index contributed by atoms with van der Waals surface area (Å²) in [4.78, 5) is 17.9. The number of phenolic OH excluding ortho intramolecular Hbond substituents is 1. The maximum atomic E-state index is 13.2. The Morgan fingerprint density at radius 3 is 2.05 bits per heavy atom. The van der Waals surface area contributed by atoms with Crippen molar-refractivity contribution in [3.63, 3.8) is 0 Å². The van der Waals surface area contributed by atoms with Gasteiger partial charge in [0.2, 0.25) is 0 Å². The smallest absolute Gasteiger partial charge is 0.162 e. The molecule has 194 valence electrons. The van der Waals surface area contributed by atoms with E-state index in [-0.39, 0.29) is 11.6 Å². The topological polar surface area (TPSA) is 43.8 Å². The molecule has 37 heavy (non-hydrogen) atoms. The fourth-order valence-electron chi connectivity index (χ4n) is 5.72. The average Bonchev–Trinajstić information content (AvgIpc) is 3.12. The van der Waals surface area contributed by atoms with E-state index in [1.807, 2.05) is 30.3 Å². The molecule has 0 atom stereocenters. The lowest BCUT2D eigenvalue weighted by Gasteiger charge is -2.32. The summed E-state index contributed by atoms with van der Waals surface area (Å²) in [6, 6.07) is 20.6. The van der Waals surface area contributed by atoms with Gasteiger partial charge in [0.1, 0.15) is 11.6 Å². The first-order chi connectivity index (χ1) is 18.0. The summed E-state index contributed by atoms with van der Waals surface area (Å²) in [5, 5.41) is 9.47. The number of fused-ring (bicyclic) bond motifs is 1. The van der Waals surface area contributed by atoms with Crippen molar-refractivity contribution in [1.82, 2.24) is 9.80 Å². The third-order valence-electron chi connectivity index (χ3n) is 8.07. The highest BCUT2D eigenvalue weighted by atomic mass is 19.1. The second-order valence-electron chi connectivity index (χ2n) is 10.7. The Balaban J connectivity index is 1.08. The summed E-state index contributed by atoms with van der Waals surface area (Å²) in [5.74, 6) is 0.994. The number of piperidine rings is 1. The number of likely N-dealkylation sites (tertiary alicyclic amines) is 1. The molecule has 0 radical (unpaired) electrons. The number of Topliss-reactive ketones (excluding diaryl/α,β-unsaturated/α-hetero) is 1. The molecule has 4 nitrogen and oxygen atoms in total. The van der Waals surface area contributed by atoms with Crippen molar-refractivity contribution < 1.29 is 14.3 Å². The molecule has 0 unspecified atom stereocenters. The van der Waals surface area contributed by atoms with Crippen LogP contribution >= 0.6 is 0 Å².